The van der Waals surface area contributed by atoms with E-state index >= 15 is 0 Å². The van der Waals surface area contributed by atoms with Gasteiger partial charge < -0.3 is 10.2 Å². The van der Waals surface area contributed by atoms with Gasteiger partial charge in [-0.25, -0.2) is 0 Å². The Morgan fingerprint density at radius 1 is 1.60 bits per heavy atom. The third-order valence-electron chi connectivity index (χ3n) is 1.51. The molecule has 1 atom stereocenters. The summed E-state index contributed by atoms with van der Waals surface area (Å²) in [5.41, 5.74) is 3.39. The zero-order valence-corrected chi connectivity index (χ0v) is 9.29. The van der Waals surface area contributed by atoms with Crippen LogP contribution in [0, 0.1) is 12.3 Å². The first kappa shape index (κ1) is 16.0. The van der Waals surface area contributed by atoms with Gasteiger partial charge in [-0.1, -0.05) is 25.8 Å². The Bertz CT molecular complexity index is 263. The van der Waals surface area contributed by atoms with Crippen molar-refractivity contribution in [2.24, 2.45) is 0 Å². The maximum absolute atomic E-state index is 9.17. The Labute approximate surface area is 91.1 Å². The number of carbonyl (C=O) groups is 1. The third-order valence-corrected chi connectivity index (χ3v) is 1.51. The number of terminal acetylenes is 1. The number of unbranched alkanes of at least 4 members (excludes halogenated alkanes) is 1. The number of aliphatic hydroxyl groups is 1. The average molecular weight is 210 g/mol. The van der Waals surface area contributed by atoms with E-state index in [1.54, 1.807) is 0 Å². The minimum absolute atomic E-state index is 0.731. The fourth-order valence-electron chi connectivity index (χ4n) is 0.790. The lowest BCUT2D eigenvalue weighted by molar-refractivity contribution is -0.134. The summed E-state index contributed by atoms with van der Waals surface area (Å²) < 4.78 is 0. The molecule has 0 aliphatic carbocycles. The Hall–Kier alpha value is -1.49. The molecule has 0 aromatic heterocycles. The first-order valence-corrected chi connectivity index (χ1v) is 4.72. The van der Waals surface area contributed by atoms with Crippen LogP contribution in [0.3, 0.4) is 0 Å². The summed E-state index contributed by atoms with van der Waals surface area (Å²) in [4.78, 5) is 9.00. The van der Waals surface area contributed by atoms with E-state index in [9.17, 15) is 0 Å². The van der Waals surface area contributed by atoms with Crippen molar-refractivity contribution in [3.05, 3.63) is 17.9 Å². The number of hydrogen-bond donors (Lipinski definition) is 2. The van der Waals surface area contributed by atoms with Crippen LogP contribution in [0.15, 0.2) is 17.9 Å². The number of aliphatic carboxylic acids is 1. The van der Waals surface area contributed by atoms with Gasteiger partial charge >= 0.3 is 0 Å². The SMILES string of the molecule is C#C[C@@H](O)C(=C=C)CCCC.CC(=O)O. The molecule has 0 fully saturated rings. The molecule has 15 heavy (non-hydrogen) atoms. The van der Waals surface area contributed by atoms with Gasteiger partial charge in [0, 0.05) is 12.5 Å². The molecule has 3 nitrogen and oxygen atoms in total. The highest BCUT2D eigenvalue weighted by molar-refractivity contribution is 5.62. The molecule has 0 aromatic rings. The number of aliphatic hydroxyl groups excluding tert-OH is 1. The molecule has 0 unspecified atom stereocenters. The van der Waals surface area contributed by atoms with E-state index in [4.69, 9.17) is 21.4 Å². The lowest BCUT2D eigenvalue weighted by Crippen LogP contribution is -2.05. The first-order valence-electron chi connectivity index (χ1n) is 4.72. The first-order chi connectivity index (χ1) is 6.99. The van der Waals surface area contributed by atoms with Crippen LogP contribution in [0.5, 0.6) is 0 Å². The molecular formula is C12H18O3. The normalized spacial score (nSPS) is 10.0. The van der Waals surface area contributed by atoms with Crippen molar-refractivity contribution >= 4 is 5.97 Å². The van der Waals surface area contributed by atoms with Gasteiger partial charge in [-0.2, -0.15) is 0 Å². The highest BCUT2D eigenvalue weighted by Gasteiger charge is 2.04. The fourth-order valence-corrected chi connectivity index (χ4v) is 0.790. The molecule has 0 radical (unpaired) electrons. The average Bonchev–Trinajstić information content (AvgIpc) is 2.17. The molecule has 0 spiro atoms. The second-order valence-corrected chi connectivity index (χ2v) is 2.89. The van der Waals surface area contributed by atoms with Crippen molar-refractivity contribution in [3.63, 3.8) is 0 Å². The molecule has 0 amide bonds. The monoisotopic (exact) mass is 210 g/mol. The van der Waals surface area contributed by atoms with Crippen LogP contribution >= 0.6 is 0 Å². The molecule has 2 N–H and O–H groups in total. The minimum Gasteiger partial charge on any atom is -0.481 e. The summed E-state index contributed by atoms with van der Waals surface area (Å²) in [5, 5.41) is 16.6. The largest absolute Gasteiger partial charge is 0.481 e. The Kier molecular flexibility index (Phi) is 11.3. The Morgan fingerprint density at radius 2 is 2.07 bits per heavy atom. The minimum atomic E-state index is -0.833. The van der Waals surface area contributed by atoms with Crippen LogP contribution in [0.2, 0.25) is 0 Å². The maximum Gasteiger partial charge on any atom is 0.300 e. The fraction of sp³-hybridized carbons (Fsp3) is 0.500. The summed E-state index contributed by atoms with van der Waals surface area (Å²) in [6.07, 6.45) is 7.15. The smallest absolute Gasteiger partial charge is 0.300 e. The molecular weight excluding hydrogens is 192 g/mol. The number of carboxylic acid groups (broad SMARTS) is 1. The van der Waals surface area contributed by atoms with E-state index in [1.165, 1.54) is 0 Å². The maximum atomic E-state index is 9.17. The number of rotatable bonds is 4. The van der Waals surface area contributed by atoms with Gasteiger partial charge in [0.15, 0.2) is 0 Å². The topological polar surface area (TPSA) is 57.5 Å². The predicted molar refractivity (Wildman–Crippen MR) is 60.3 cm³/mol. The lowest BCUT2D eigenvalue weighted by atomic mass is 10.1. The van der Waals surface area contributed by atoms with Gasteiger partial charge in [0.25, 0.3) is 5.97 Å². The van der Waals surface area contributed by atoms with Gasteiger partial charge in [-0.05, 0) is 12.8 Å². The van der Waals surface area contributed by atoms with E-state index in [-0.39, 0.29) is 0 Å². The summed E-state index contributed by atoms with van der Waals surface area (Å²) in [6.45, 7) is 6.63. The zero-order chi connectivity index (χ0) is 12.3. The van der Waals surface area contributed by atoms with Crippen LogP contribution in [-0.2, 0) is 4.79 Å². The van der Waals surface area contributed by atoms with Crippen molar-refractivity contribution in [3.8, 4) is 12.3 Å². The van der Waals surface area contributed by atoms with Crippen molar-refractivity contribution in [2.75, 3.05) is 0 Å². The zero-order valence-electron chi connectivity index (χ0n) is 9.29. The standard InChI is InChI=1S/C10H14O.C2H4O2/c1-4-7-8-9(5-2)10(11)6-3;1-2(3)4/h3,10-11H,2,4,7-8H2,1H3;1H3,(H,3,4)/t10-;/m1./s1. The van der Waals surface area contributed by atoms with E-state index in [0.29, 0.717) is 0 Å². The molecule has 0 aromatic carbocycles. The molecule has 0 saturated heterocycles. The van der Waals surface area contributed by atoms with Crippen LogP contribution in [0.1, 0.15) is 33.1 Å². The quantitative estimate of drug-likeness (QED) is 0.551. The molecule has 0 aliphatic rings. The highest BCUT2D eigenvalue weighted by atomic mass is 16.4. The van der Waals surface area contributed by atoms with Crippen LogP contribution in [-0.4, -0.2) is 22.3 Å². The lowest BCUT2D eigenvalue weighted by Gasteiger charge is -2.04. The third kappa shape index (κ3) is 12.5. The number of hydrogen-bond acceptors (Lipinski definition) is 2. The second-order valence-electron chi connectivity index (χ2n) is 2.89. The Balaban J connectivity index is 0. The van der Waals surface area contributed by atoms with E-state index < -0.39 is 12.1 Å². The van der Waals surface area contributed by atoms with Crippen molar-refractivity contribution in [2.45, 2.75) is 39.2 Å². The van der Waals surface area contributed by atoms with Gasteiger partial charge in [0.1, 0.15) is 6.10 Å². The van der Waals surface area contributed by atoms with Gasteiger partial charge in [0.05, 0.1) is 0 Å². The summed E-state index contributed by atoms with van der Waals surface area (Å²) >= 11 is 0. The molecule has 0 heterocycles. The molecule has 0 bridgehead atoms. The highest BCUT2D eigenvalue weighted by Crippen LogP contribution is 2.09. The van der Waals surface area contributed by atoms with Gasteiger partial charge in [-0.15, -0.1) is 12.2 Å². The van der Waals surface area contributed by atoms with Crippen LogP contribution in [0.25, 0.3) is 0 Å². The van der Waals surface area contributed by atoms with E-state index in [0.717, 1.165) is 31.8 Å². The van der Waals surface area contributed by atoms with Gasteiger partial charge in [-0.3, -0.25) is 4.79 Å². The molecule has 0 saturated carbocycles. The Morgan fingerprint density at radius 3 is 2.33 bits per heavy atom. The van der Waals surface area contributed by atoms with E-state index in [1.807, 2.05) is 0 Å². The van der Waals surface area contributed by atoms with E-state index in [2.05, 4.69) is 25.2 Å². The molecule has 3 heteroatoms. The summed E-state index contributed by atoms with van der Waals surface area (Å²) in [6, 6.07) is 0. The van der Waals surface area contributed by atoms with Crippen LogP contribution < -0.4 is 0 Å². The molecule has 84 valence electrons. The van der Waals surface area contributed by atoms with Crippen LogP contribution in [0.4, 0.5) is 0 Å². The van der Waals surface area contributed by atoms with Crippen molar-refractivity contribution < 1.29 is 15.0 Å². The number of carboxylic acids is 1. The van der Waals surface area contributed by atoms with Gasteiger partial charge in [0.2, 0.25) is 0 Å². The second kappa shape index (κ2) is 10.6. The summed E-state index contributed by atoms with van der Waals surface area (Å²) in [5.74, 6) is 1.41. The summed E-state index contributed by atoms with van der Waals surface area (Å²) in [7, 11) is 0. The van der Waals surface area contributed by atoms with Crippen molar-refractivity contribution in [1.29, 1.82) is 0 Å². The predicted octanol–water partition coefficient (Wildman–Crippen LogP) is 1.97. The molecule has 0 rings (SSSR count). The van der Waals surface area contributed by atoms with Crippen molar-refractivity contribution in [1.82, 2.24) is 0 Å². The molecule has 0 aliphatic heterocycles.